The molecule has 6 nitrogen and oxygen atoms in total. The second-order valence-electron chi connectivity index (χ2n) is 4.49. The zero-order valence-electron chi connectivity index (χ0n) is 11.3. The number of para-hydroxylation sites is 1. The topological polar surface area (TPSA) is 79.5 Å². The van der Waals surface area contributed by atoms with Gasteiger partial charge in [0.25, 0.3) is 11.5 Å². The Hall–Kier alpha value is -2.86. The molecule has 1 heterocycles. The fourth-order valence-corrected chi connectivity index (χ4v) is 2.04. The van der Waals surface area contributed by atoms with Gasteiger partial charge in [-0.05, 0) is 29.8 Å². The van der Waals surface area contributed by atoms with Gasteiger partial charge in [0, 0.05) is 5.02 Å². The number of halogens is 1. The van der Waals surface area contributed by atoms with Crippen LogP contribution in [-0.4, -0.2) is 21.1 Å². The molecule has 3 aromatic rings. The maximum atomic E-state index is 12.0. The molecule has 0 saturated heterocycles. The number of fused-ring (bicyclic) bond motifs is 1. The number of hydrogen-bond donors (Lipinski definition) is 2. The van der Waals surface area contributed by atoms with Crippen molar-refractivity contribution in [3.63, 3.8) is 0 Å². The molecular weight excluding hydrogens is 304 g/mol. The van der Waals surface area contributed by atoms with Crippen molar-refractivity contribution in [2.45, 2.75) is 0 Å². The van der Waals surface area contributed by atoms with E-state index in [1.165, 1.54) is 6.21 Å². The lowest BCUT2D eigenvalue weighted by Gasteiger charge is -2.06. The average Bonchev–Trinajstić information content (AvgIpc) is 2.54. The molecule has 0 aliphatic heterocycles. The van der Waals surface area contributed by atoms with Crippen LogP contribution in [-0.2, 0) is 0 Å². The Balaban J connectivity index is 1.89. The highest BCUT2D eigenvalue weighted by molar-refractivity contribution is 6.30. The zero-order chi connectivity index (χ0) is 15.5. The third-order valence-corrected chi connectivity index (χ3v) is 3.25. The molecule has 0 unspecified atom stereocenters. The molecule has 0 spiro atoms. The number of hydrogen-bond acceptors (Lipinski definition) is 5. The van der Waals surface area contributed by atoms with Crippen molar-refractivity contribution in [2.75, 3.05) is 5.43 Å². The van der Waals surface area contributed by atoms with Crippen LogP contribution in [0.25, 0.3) is 10.9 Å². The fraction of sp³-hybridized carbons (Fsp3) is 0. The van der Waals surface area contributed by atoms with Crippen LogP contribution in [0.2, 0.25) is 5.02 Å². The van der Waals surface area contributed by atoms with Crippen molar-refractivity contribution in [3.05, 3.63) is 69.5 Å². The van der Waals surface area contributed by atoms with Crippen LogP contribution in [0.1, 0.15) is 5.56 Å². The quantitative estimate of drug-likeness (QED) is 0.442. The van der Waals surface area contributed by atoms with Crippen LogP contribution in [0.15, 0.2) is 58.4 Å². The van der Waals surface area contributed by atoms with Gasteiger partial charge in [-0.25, -0.2) is 10.4 Å². The molecule has 7 heteroatoms. The number of rotatable bonds is 3. The number of nitrogens with zero attached hydrogens (tertiary/aromatic N) is 3. The summed E-state index contributed by atoms with van der Waals surface area (Å²) in [4.78, 5) is 16.1. The monoisotopic (exact) mass is 314 g/mol. The van der Waals surface area contributed by atoms with E-state index in [1.54, 1.807) is 48.5 Å². The van der Waals surface area contributed by atoms with Crippen LogP contribution in [0.3, 0.4) is 0 Å². The normalized spacial score (nSPS) is 11.1. The highest BCUT2D eigenvalue weighted by Crippen LogP contribution is 2.10. The first-order valence-corrected chi connectivity index (χ1v) is 6.78. The third kappa shape index (κ3) is 2.77. The SMILES string of the molecule is O=c1c2ccccc2nc(N/N=C/c2ccc(Cl)cc2)n1O. The summed E-state index contributed by atoms with van der Waals surface area (Å²) in [6.07, 6.45) is 1.53. The highest BCUT2D eigenvalue weighted by atomic mass is 35.5. The molecule has 0 fully saturated rings. The van der Waals surface area contributed by atoms with Crippen LogP contribution in [0.5, 0.6) is 0 Å². The van der Waals surface area contributed by atoms with Gasteiger partial charge < -0.3 is 5.21 Å². The minimum atomic E-state index is -0.560. The molecule has 3 rings (SSSR count). The minimum absolute atomic E-state index is 0.0612. The zero-order valence-corrected chi connectivity index (χ0v) is 12.0. The summed E-state index contributed by atoms with van der Waals surface area (Å²) in [6.45, 7) is 0. The maximum Gasteiger partial charge on any atom is 0.295 e. The van der Waals surface area contributed by atoms with E-state index in [9.17, 15) is 10.0 Å². The fourth-order valence-electron chi connectivity index (χ4n) is 1.91. The van der Waals surface area contributed by atoms with Crippen LogP contribution >= 0.6 is 11.6 Å². The first kappa shape index (κ1) is 14.1. The summed E-state index contributed by atoms with van der Waals surface area (Å²) in [6, 6.07) is 13.8. The number of aromatic nitrogens is 2. The van der Waals surface area contributed by atoms with E-state index in [1.807, 2.05) is 0 Å². The molecule has 0 aliphatic carbocycles. The van der Waals surface area contributed by atoms with Gasteiger partial charge in [-0.2, -0.15) is 5.10 Å². The summed E-state index contributed by atoms with van der Waals surface area (Å²) < 4.78 is 0.432. The molecular formula is C15H11ClN4O2. The van der Waals surface area contributed by atoms with Gasteiger partial charge in [-0.3, -0.25) is 4.79 Å². The number of anilines is 1. The molecule has 0 aliphatic rings. The predicted molar refractivity (Wildman–Crippen MR) is 85.9 cm³/mol. The molecule has 0 saturated carbocycles. The van der Waals surface area contributed by atoms with Crippen LogP contribution < -0.4 is 11.0 Å². The Bertz CT molecular complexity index is 904. The molecule has 0 amide bonds. The van der Waals surface area contributed by atoms with Crippen LogP contribution in [0, 0.1) is 0 Å². The van der Waals surface area contributed by atoms with Gasteiger partial charge in [-0.1, -0.05) is 35.9 Å². The van der Waals surface area contributed by atoms with Gasteiger partial charge in [0.15, 0.2) is 0 Å². The predicted octanol–water partition coefficient (Wildman–Crippen LogP) is 2.73. The smallest absolute Gasteiger partial charge is 0.295 e. The highest BCUT2D eigenvalue weighted by Gasteiger charge is 2.08. The Morgan fingerprint density at radius 2 is 1.91 bits per heavy atom. The standard InChI is InChI=1S/C15H11ClN4O2/c16-11-7-5-10(6-8-11)9-17-19-15-18-13-4-2-1-3-12(13)14(21)20(15)22/h1-9,22H,(H,18,19)/b17-9+. The third-order valence-electron chi connectivity index (χ3n) is 3.00. The van der Waals surface area contributed by atoms with E-state index in [4.69, 9.17) is 11.6 Å². The van der Waals surface area contributed by atoms with Gasteiger partial charge in [-0.15, -0.1) is 4.73 Å². The first-order valence-electron chi connectivity index (χ1n) is 6.41. The summed E-state index contributed by atoms with van der Waals surface area (Å²) in [7, 11) is 0. The molecule has 110 valence electrons. The Morgan fingerprint density at radius 3 is 2.68 bits per heavy atom. The summed E-state index contributed by atoms with van der Waals surface area (Å²) in [5.74, 6) is -0.0612. The molecule has 0 atom stereocenters. The van der Waals surface area contributed by atoms with E-state index in [2.05, 4.69) is 15.5 Å². The maximum absolute atomic E-state index is 12.0. The van der Waals surface area contributed by atoms with Crippen molar-refractivity contribution in [1.29, 1.82) is 0 Å². The number of benzene rings is 2. The second kappa shape index (κ2) is 5.87. The van der Waals surface area contributed by atoms with E-state index < -0.39 is 5.56 Å². The molecule has 2 N–H and O–H groups in total. The largest absolute Gasteiger partial charge is 0.422 e. The van der Waals surface area contributed by atoms with E-state index >= 15 is 0 Å². The van der Waals surface area contributed by atoms with E-state index in [-0.39, 0.29) is 5.95 Å². The second-order valence-corrected chi connectivity index (χ2v) is 4.93. The molecule has 0 bridgehead atoms. The van der Waals surface area contributed by atoms with Gasteiger partial charge >= 0.3 is 0 Å². The van der Waals surface area contributed by atoms with Crippen molar-refractivity contribution in [3.8, 4) is 0 Å². The van der Waals surface area contributed by atoms with Gasteiger partial charge in [0.05, 0.1) is 17.1 Å². The van der Waals surface area contributed by atoms with E-state index in [0.717, 1.165) is 5.56 Å². The Labute approximate surface area is 130 Å². The van der Waals surface area contributed by atoms with Gasteiger partial charge in [0.1, 0.15) is 0 Å². The lowest BCUT2D eigenvalue weighted by atomic mass is 10.2. The Morgan fingerprint density at radius 1 is 1.18 bits per heavy atom. The minimum Gasteiger partial charge on any atom is -0.422 e. The van der Waals surface area contributed by atoms with E-state index in [0.29, 0.717) is 20.7 Å². The molecule has 22 heavy (non-hydrogen) atoms. The number of nitrogens with one attached hydrogen (secondary N) is 1. The summed E-state index contributed by atoms with van der Waals surface area (Å²) in [5.41, 5.74) is 3.27. The molecule has 2 aromatic carbocycles. The average molecular weight is 315 g/mol. The Kier molecular flexibility index (Phi) is 3.76. The van der Waals surface area contributed by atoms with Crippen molar-refractivity contribution in [1.82, 2.24) is 9.71 Å². The van der Waals surface area contributed by atoms with Crippen molar-refractivity contribution in [2.24, 2.45) is 5.10 Å². The molecule has 1 aromatic heterocycles. The number of hydrazone groups is 1. The summed E-state index contributed by atoms with van der Waals surface area (Å²) in [5, 5.41) is 14.7. The van der Waals surface area contributed by atoms with Crippen molar-refractivity contribution >= 4 is 34.7 Å². The molecule has 0 radical (unpaired) electrons. The first-order chi connectivity index (χ1) is 10.6. The lowest BCUT2D eigenvalue weighted by molar-refractivity contribution is 0.179. The summed E-state index contributed by atoms with van der Waals surface area (Å²) >= 11 is 5.79. The van der Waals surface area contributed by atoms with Crippen molar-refractivity contribution < 1.29 is 5.21 Å². The van der Waals surface area contributed by atoms with Gasteiger partial charge in [0.2, 0.25) is 0 Å². The van der Waals surface area contributed by atoms with Crippen LogP contribution in [0.4, 0.5) is 5.95 Å². The lowest BCUT2D eigenvalue weighted by Crippen LogP contribution is -2.22.